The van der Waals surface area contributed by atoms with Crippen LogP contribution in [-0.2, 0) is 18.8 Å². The highest BCUT2D eigenvalue weighted by atomic mass is 35.5. The van der Waals surface area contributed by atoms with Gasteiger partial charge in [-0.05, 0) is 54.5 Å². The Morgan fingerprint density at radius 1 is 1.09 bits per heavy atom. The van der Waals surface area contributed by atoms with Gasteiger partial charge in [-0.3, -0.25) is 4.79 Å². The van der Waals surface area contributed by atoms with E-state index in [1.807, 2.05) is 48.5 Å². The van der Waals surface area contributed by atoms with E-state index in [2.05, 4.69) is 4.98 Å². The molecule has 2 amide bonds. The van der Waals surface area contributed by atoms with E-state index in [4.69, 9.17) is 30.4 Å². The lowest BCUT2D eigenvalue weighted by molar-refractivity contribution is -0.135. The van der Waals surface area contributed by atoms with Crippen molar-refractivity contribution in [2.45, 2.75) is 65.3 Å². The van der Waals surface area contributed by atoms with Crippen molar-refractivity contribution in [3.8, 4) is 5.88 Å². The molecule has 1 aromatic heterocycles. The van der Waals surface area contributed by atoms with Crippen molar-refractivity contribution in [2.24, 2.45) is 0 Å². The molecular weight excluding hydrogens is 449 g/mol. The fourth-order valence-corrected chi connectivity index (χ4v) is 3.57. The Morgan fingerprint density at radius 2 is 1.64 bits per heavy atom. The van der Waals surface area contributed by atoms with Crippen molar-refractivity contribution in [1.82, 2.24) is 14.8 Å². The first-order valence-electron chi connectivity index (χ1n) is 11.1. The van der Waals surface area contributed by atoms with E-state index in [9.17, 15) is 9.59 Å². The molecule has 0 bridgehead atoms. The average Bonchev–Trinajstić information content (AvgIpc) is 2.92. The second-order valence-electron chi connectivity index (χ2n) is 10.3. The molecule has 1 aromatic rings. The van der Waals surface area contributed by atoms with Crippen LogP contribution in [0.1, 0.15) is 48.5 Å². The van der Waals surface area contributed by atoms with E-state index in [1.165, 1.54) is 0 Å². The number of aromatic nitrogens is 1. The molecule has 3 rings (SSSR count). The minimum absolute atomic E-state index is 0.165. The number of pyridine rings is 1. The molecule has 0 saturated carbocycles. The van der Waals surface area contributed by atoms with E-state index >= 15 is 0 Å². The monoisotopic (exact) mass is 481 g/mol. The van der Waals surface area contributed by atoms with Crippen molar-refractivity contribution in [1.29, 1.82) is 0 Å². The molecule has 9 nitrogen and oxygen atoms in total. The number of halogens is 1. The fraction of sp³-hybridized carbons (Fsp3) is 0.682. The zero-order valence-corrected chi connectivity index (χ0v) is 21.2. The van der Waals surface area contributed by atoms with Crippen LogP contribution in [0.15, 0.2) is 12.3 Å². The quantitative estimate of drug-likeness (QED) is 0.610. The number of carbonyl (C=O) groups is 2. The zero-order chi connectivity index (χ0) is 24.6. The third-order valence-corrected chi connectivity index (χ3v) is 6.24. The smallest absolute Gasteiger partial charge is 0.466 e. The molecular formula is C22H33BClN3O6. The van der Waals surface area contributed by atoms with Gasteiger partial charge >= 0.3 is 13.2 Å². The molecule has 2 saturated heterocycles. The Hall–Kier alpha value is -2.04. The van der Waals surface area contributed by atoms with Crippen LogP contribution < -0.4 is 10.2 Å². The first-order chi connectivity index (χ1) is 15.2. The molecule has 2 aliphatic rings. The van der Waals surface area contributed by atoms with Gasteiger partial charge in [0.25, 0.3) is 5.91 Å². The summed E-state index contributed by atoms with van der Waals surface area (Å²) in [6.07, 6.45) is 1.21. The number of carbonyl (C=O) groups excluding carboxylic acids is 2. The molecule has 0 atom stereocenters. The lowest BCUT2D eigenvalue weighted by Crippen LogP contribution is -2.52. The summed E-state index contributed by atoms with van der Waals surface area (Å²) in [5.74, 6) is -0.0376. The minimum atomic E-state index is -0.586. The minimum Gasteiger partial charge on any atom is -0.466 e. The van der Waals surface area contributed by atoms with E-state index in [0.717, 1.165) is 0 Å². The maximum atomic E-state index is 12.6. The molecule has 3 heterocycles. The zero-order valence-electron chi connectivity index (χ0n) is 20.4. The molecule has 0 aliphatic carbocycles. The second-order valence-corrected chi connectivity index (χ2v) is 10.7. The number of rotatable bonds is 4. The summed E-state index contributed by atoms with van der Waals surface area (Å²) in [6.45, 7) is 14.8. The topological polar surface area (TPSA) is 90.4 Å². The van der Waals surface area contributed by atoms with Gasteiger partial charge in [0.1, 0.15) is 10.6 Å². The van der Waals surface area contributed by atoms with Gasteiger partial charge in [-0.2, -0.15) is 0 Å². The number of ether oxygens (including phenoxy) is 2. The van der Waals surface area contributed by atoms with Gasteiger partial charge in [0.15, 0.2) is 6.61 Å². The largest absolute Gasteiger partial charge is 0.496 e. The maximum absolute atomic E-state index is 12.6. The van der Waals surface area contributed by atoms with E-state index < -0.39 is 23.9 Å². The summed E-state index contributed by atoms with van der Waals surface area (Å²) in [4.78, 5) is 32.2. The van der Waals surface area contributed by atoms with Crippen molar-refractivity contribution in [2.75, 3.05) is 32.8 Å². The van der Waals surface area contributed by atoms with Crippen LogP contribution in [-0.4, -0.2) is 83.5 Å². The molecule has 2 aliphatic heterocycles. The fourth-order valence-electron chi connectivity index (χ4n) is 3.34. The molecule has 2 fully saturated rings. The van der Waals surface area contributed by atoms with Gasteiger partial charge in [-0.25, -0.2) is 9.78 Å². The lowest BCUT2D eigenvalue weighted by atomic mass is 9.80. The number of hydrogen-bond acceptors (Lipinski definition) is 7. The lowest BCUT2D eigenvalue weighted by Gasteiger charge is -2.35. The van der Waals surface area contributed by atoms with Crippen molar-refractivity contribution < 1.29 is 28.4 Å². The number of piperazine rings is 1. The van der Waals surface area contributed by atoms with Crippen LogP contribution in [0.2, 0.25) is 5.02 Å². The van der Waals surface area contributed by atoms with Crippen molar-refractivity contribution in [3.63, 3.8) is 0 Å². The third kappa shape index (κ3) is 6.10. The predicted octanol–water partition coefficient (Wildman–Crippen LogP) is 2.49. The van der Waals surface area contributed by atoms with E-state index in [0.29, 0.717) is 31.6 Å². The molecule has 0 N–H and O–H groups in total. The van der Waals surface area contributed by atoms with Crippen LogP contribution in [0, 0.1) is 0 Å². The predicted molar refractivity (Wildman–Crippen MR) is 125 cm³/mol. The highest BCUT2D eigenvalue weighted by molar-refractivity contribution is 6.62. The SMILES string of the molecule is CC(C)(C)OC(=O)N1CCN(C(=O)COc2ncc(B3OC(C)(C)C(C)(C)O3)cc2Cl)CC1. The Balaban J connectivity index is 1.51. The highest BCUT2D eigenvalue weighted by Crippen LogP contribution is 2.36. The molecule has 0 spiro atoms. The Labute approximate surface area is 200 Å². The summed E-state index contributed by atoms with van der Waals surface area (Å²) in [7, 11) is -0.586. The van der Waals surface area contributed by atoms with Gasteiger partial charge in [0, 0.05) is 37.8 Å². The molecule has 11 heteroatoms. The van der Waals surface area contributed by atoms with Gasteiger partial charge < -0.3 is 28.6 Å². The Kier molecular flexibility index (Phi) is 7.22. The third-order valence-electron chi connectivity index (χ3n) is 5.97. The number of hydrogen-bond donors (Lipinski definition) is 0. The summed E-state index contributed by atoms with van der Waals surface area (Å²) in [5, 5.41) is 0.268. The average molecular weight is 482 g/mol. The normalized spacial score (nSPS) is 20.1. The summed E-state index contributed by atoms with van der Waals surface area (Å²) in [6, 6.07) is 1.68. The number of nitrogens with zero attached hydrogens (tertiary/aromatic N) is 3. The second kappa shape index (κ2) is 9.31. The number of amides is 2. The van der Waals surface area contributed by atoms with Crippen LogP contribution in [0.25, 0.3) is 0 Å². The summed E-state index contributed by atoms with van der Waals surface area (Å²) < 4.78 is 23.0. The van der Waals surface area contributed by atoms with Gasteiger partial charge in [0.2, 0.25) is 5.88 Å². The summed E-state index contributed by atoms with van der Waals surface area (Å²) >= 11 is 6.34. The Morgan fingerprint density at radius 3 is 2.15 bits per heavy atom. The van der Waals surface area contributed by atoms with Crippen molar-refractivity contribution in [3.05, 3.63) is 17.3 Å². The van der Waals surface area contributed by atoms with Crippen LogP contribution in [0.4, 0.5) is 4.79 Å². The Bertz CT molecular complexity index is 881. The standard InChI is InChI=1S/C22H33BClN3O6/c1-20(2,3)31-19(29)27-10-8-26(9-11-27)17(28)14-30-18-16(24)12-15(13-25-18)23-32-21(4,5)22(6,7)33-23/h12-13H,8-11,14H2,1-7H3. The van der Waals surface area contributed by atoms with Gasteiger partial charge in [0.05, 0.1) is 11.2 Å². The molecule has 0 radical (unpaired) electrons. The maximum Gasteiger partial charge on any atom is 0.496 e. The highest BCUT2D eigenvalue weighted by Gasteiger charge is 2.52. The van der Waals surface area contributed by atoms with Gasteiger partial charge in [-0.15, -0.1) is 0 Å². The first-order valence-corrected chi connectivity index (χ1v) is 11.5. The molecule has 0 aromatic carbocycles. The van der Waals surface area contributed by atoms with Gasteiger partial charge in [-0.1, -0.05) is 11.6 Å². The molecule has 0 unspecified atom stereocenters. The van der Waals surface area contributed by atoms with E-state index in [1.54, 1.807) is 22.1 Å². The first kappa shape index (κ1) is 25.6. The van der Waals surface area contributed by atoms with Crippen LogP contribution in [0.5, 0.6) is 5.88 Å². The van der Waals surface area contributed by atoms with Crippen LogP contribution >= 0.6 is 11.6 Å². The van der Waals surface area contributed by atoms with Crippen LogP contribution in [0.3, 0.4) is 0 Å². The molecule has 182 valence electrons. The van der Waals surface area contributed by atoms with Crippen molar-refractivity contribution >= 4 is 36.2 Å². The summed E-state index contributed by atoms with van der Waals surface area (Å²) in [5.41, 5.74) is -0.823. The van der Waals surface area contributed by atoms with E-state index in [-0.39, 0.29) is 29.5 Å². The molecule has 33 heavy (non-hydrogen) atoms.